The standard InChI is InChI=1S/C18H17FN2OS/c1-22-15-7-4-6-13(9-15)17-11-21-18(23-17)12-20-10-14-5-2-3-8-16(14)19/h2-9,11,20H,10,12H2,1H3. The predicted molar refractivity (Wildman–Crippen MR) is 91.0 cm³/mol. The van der Waals surface area contributed by atoms with Crippen LogP contribution in [0.5, 0.6) is 5.75 Å². The summed E-state index contributed by atoms with van der Waals surface area (Å²) in [5.41, 5.74) is 1.75. The fraction of sp³-hybridized carbons (Fsp3) is 0.167. The second kappa shape index (κ2) is 7.35. The van der Waals surface area contributed by atoms with Crippen molar-refractivity contribution < 1.29 is 9.13 Å². The zero-order valence-electron chi connectivity index (χ0n) is 12.8. The highest BCUT2D eigenvalue weighted by molar-refractivity contribution is 7.15. The van der Waals surface area contributed by atoms with Gasteiger partial charge in [-0.15, -0.1) is 11.3 Å². The van der Waals surface area contributed by atoms with Crippen molar-refractivity contribution in [1.82, 2.24) is 10.3 Å². The molecule has 1 heterocycles. The molecule has 0 spiro atoms. The second-order valence-corrected chi connectivity index (χ2v) is 6.16. The molecule has 0 aliphatic heterocycles. The zero-order valence-corrected chi connectivity index (χ0v) is 13.6. The number of ether oxygens (including phenoxy) is 1. The van der Waals surface area contributed by atoms with Crippen molar-refractivity contribution in [3.63, 3.8) is 0 Å². The first-order valence-corrected chi connectivity index (χ1v) is 8.11. The van der Waals surface area contributed by atoms with Crippen LogP contribution in [0.25, 0.3) is 10.4 Å². The number of benzene rings is 2. The molecule has 0 aliphatic carbocycles. The van der Waals surface area contributed by atoms with Gasteiger partial charge in [0.2, 0.25) is 0 Å². The monoisotopic (exact) mass is 328 g/mol. The minimum atomic E-state index is -0.184. The quantitative estimate of drug-likeness (QED) is 0.734. The molecule has 0 amide bonds. The van der Waals surface area contributed by atoms with Gasteiger partial charge in [0.05, 0.1) is 12.0 Å². The highest BCUT2D eigenvalue weighted by atomic mass is 32.1. The van der Waals surface area contributed by atoms with E-state index in [0.717, 1.165) is 21.2 Å². The fourth-order valence-electron chi connectivity index (χ4n) is 2.25. The minimum absolute atomic E-state index is 0.184. The Kier molecular flexibility index (Phi) is 5.00. The number of hydrogen-bond acceptors (Lipinski definition) is 4. The molecule has 0 aliphatic rings. The highest BCUT2D eigenvalue weighted by Crippen LogP contribution is 2.28. The van der Waals surface area contributed by atoms with E-state index in [9.17, 15) is 4.39 Å². The molecule has 3 nitrogen and oxygen atoms in total. The maximum atomic E-state index is 13.5. The van der Waals surface area contributed by atoms with Crippen LogP contribution in [0.4, 0.5) is 4.39 Å². The molecule has 5 heteroatoms. The molecule has 2 aromatic carbocycles. The number of nitrogens with zero attached hydrogens (tertiary/aromatic N) is 1. The number of halogens is 1. The van der Waals surface area contributed by atoms with Crippen molar-refractivity contribution in [1.29, 1.82) is 0 Å². The van der Waals surface area contributed by atoms with Gasteiger partial charge in [0, 0.05) is 24.8 Å². The van der Waals surface area contributed by atoms with Gasteiger partial charge in [-0.3, -0.25) is 0 Å². The molecule has 1 N–H and O–H groups in total. The lowest BCUT2D eigenvalue weighted by Gasteiger charge is -2.04. The van der Waals surface area contributed by atoms with Crippen LogP contribution < -0.4 is 10.1 Å². The van der Waals surface area contributed by atoms with Crippen LogP contribution >= 0.6 is 11.3 Å². The Balaban J connectivity index is 1.62. The highest BCUT2D eigenvalue weighted by Gasteiger charge is 2.06. The summed E-state index contributed by atoms with van der Waals surface area (Å²) in [6.45, 7) is 1.10. The average Bonchev–Trinajstić information content (AvgIpc) is 3.06. The number of thiazole rings is 1. The lowest BCUT2D eigenvalue weighted by atomic mass is 10.2. The van der Waals surface area contributed by atoms with E-state index in [2.05, 4.69) is 10.3 Å². The zero-order chi connectivity index (χ0) is 16.1. The molecule has 0 atom stereocenters. The smallest absolute Gasteiger partial charge is 0.127 e. The van der Waals surface area contributed by atoms with E-state index < -0.39 is 0 Å². The van der Waals surface area contributed by atoms with Gasteiger partial charge >= 0.3 is 0 Å². The molecule has 3 rings (SSSR count). The Morgan fingerprint density at radius 2 is 2.00 bits per heavy atom. The van der Waals surface area contributed by atoms with Crippen LogP contribution in [-0.2, 0) is 13.1 Å². The molecular formula is C18H17FN2OS. The Morgan fingerprint density at radius 3 is 2.83 bits per heavy atom. The third kappa shape index (κ3) is 3.94. The fourth-order valence-corrected chi connectivity index (χ4v) is 3.13. The molecule has 0 saturated carbocycles. The maximum absolute atomic E-state index is 13.5. The molecule has 23 heavy (non-hydrogen) atoms. The second-order valence-electron chi connectivity index (χ2n) is 5.05. The van der Waals surface area contributed by atoms with Crippen LogP contribution in [0, 0.1) is 5.82 Å². The average molecular weight is 328 g/mol. The third-order valence-corrected chi connectivity index (χ3v) is 4.50. The largest absolute Gasteiger partial charge is 0.497 e. The summed E-state index contributed by atoms with van der Waals surface area (Å²) in [7, 11) is 1.66. The first kappa shape index (κ1) is 15.6. The van der Waals surface area contributed by atoms with Gasteiger partial charge in [-0.2, -0.15) is 0 Å². The lowest BCUT2D eigenvalue weighted by Crippen LogP contribution is -2.13. The van der Waals surface area contributed by atoms with Crippen molar-refractivity contribution >= 4 is 11.3 Å². The van der Waals surface area contributed by atoms with Gasteiger partial charge < -0.3 is 10.1 Å². The summed E-state index contributed by atoms with van der Waals surface area (Å²) in [6.07, 6.45) is 1.86. The molecule has 1 aromatic heterocycles. The van der Waals surface area contributed by atoms with E-state index in [1.807, 2.05) is 36.5 Å². The van der Waals surface area contributed by atoms with Crippen molar-refractivity contribution in [2.45, 2.75) is 13.1 Å². The molecule has 3 aromatic rings. The predicted octanol–water partition coefficient (Wildman–Crippen LogP) is 4.25. The number of nitrogens with one attached hydrogen (secondary N) is 1. The third-order valence-electron chi connectivity index (χ3n) is 3.46. The molecular weight excluding hydrogens is 311 g/mol. The van der Waals surface area contributed by atoms with Gasteiger partial charge in [0.15, 0.2) is 0 Å². The Bertz CT molecular complexity index is 788. The first-order chi connectivity index (χ1) is 11.3. The van der Waals surface area contributed by atoms with E-state index in [1.165, 1.54) is 6.07 Å². The van der Waals surface area contributed by atoms with Crippen LogP contribution in [0.3, 0.4) is 0 Å². The minimum Gasteiger partial charge on any atom is -0.497 e. The van der Waals surface area contributed by atoms with E-state index in [0.29, 0.717) is 18.7 Å². The van der Waals surface area contributed by atoms with Crippen LogP contribution in [0.15, 0.2) is 54.7 Å². The Hall–Kier alpha value is -2.24. The Morgan fingerprint density at radius 1 is 1.13 bits per heavy atom. The Labute approximate surface area is 138 Å². The maximum Gasteiger partial charge on any atom is 0.127 e. The molecule has 118 valence electrons. The van der Waals surface area contributed by atoms with Crippen LogP contribution in [0.2, 0.25) is 0 Å². The topological polar surface area (TPSA) is 34.1 Å². The van der Waals surface area contributed by atoms with Crippen molar-refractivity contribution in [3.8, 4) is 16.2 Å². The van der Waals surface area contributed by atoms with Gasteiger partial charge in [-0.05, 0) is 23.8 Å². The van der Waals surface area contributed by atoms with Crippen molar-refractivity contribution in [2.24, 2.45) is 0 Å². The first-order valence-electron chi connectivity index (χ1n) is 7.29. The summed E-state index contributed by atoms with van der Waals surface area (Å²) < 4.78 is 18.8. The van der Waals surface area contributed by atoms with Crippen LogP contribution in [-0.4, -0.2) is 12.1 Å². The molecule has 0 saturated heterocycles. The van der Waals surface area contributed by atoms with Crippen molar-refractivity contribution in [3.05, 3.63) is 71.1 Å². The summed E-state index contributed by atoms with van der Waals surface area (Å²) in [6, 6.07) is 14.7. The SMILES string of the molecule is COc1cccc(-c2cnc(CNCc3ccccc3F)s2)c1. The number of methoxy groups -OCH3 is 1. The van der Waals surface area contributed by atoms with Gasteiger partial charge in [0.25, 0.3) is 0 Å². The van der Waals surface area contributed by atoms with E-state index in [1.54, 1.807) is 30.6 Å². The molecule has 0 fully saturated rings. The molecule has 0 bridgehead atoms. The number of rotatable bonds is 6. The number of aromatic nitrogens is 1. The van der Waals surface area contributed by atoms with E-state index in [-0.39, 0.29) is 5.82 Å². The molecule has 0 radical (unpaired) electrons. The lowest BCUT2D eigenvalue weighted by molar-refractivity contribution is 0.415. The summed E-state index contributed by atoms with van der Waals surface area (Å²) in [4.78, 5) is 5.51. The van der Waals surface area contributed by atoms with Crippen LogP contribution in [0.1, 0.15) is 10.6 Å². The van der Waals surface area contributed by atoms with E-state index in [4.69, 9.17) is 4.74 Å². The summed E-state index contributed by atoms with van der Waals surface area (Å²) in [5.74, 6) is 0.645. The van der Waals surface area contributed by atoms with Gasteiger partial charge in [-0.1, -0.05) is 30.3 Å². The summed E-state index contributed by atoms with van der Waals surface area (Å²) in [5, 5.41) is 4.20. The normalized spacial score (nSPS) is 10.7. The summed E-state index contributed by atoms with van der Waals surface area (Å²) >= 11 is 1.62. The van der Waals surface area contributed by atoms with E-state index >= 15 is 0 Å². The molecule has 0 unspecified atom stereocenters. The van der Waals surface area contributed by atoms with Gasteiger partial charge in [-0.25, -0.2) is 9.37 Å². The van der Waals surface area contributed by atoms with Gasteiger partial charge in [0.1, 0.15) is 16.6 Å². The number of hydrogen-bond donors (Lipinski definition) is 1. The van der Waals surface area contributed by atoms with Crippen molar-refractivity contribution in [2.75, 3.05) is 7.11 Å².